The van der Waals surface area contributed by atoms with E-state index < -0.39 is 0 Å². The lowest BCUT2D eigenvalue weighted by Gasteiger charge is -2.24. The van der Waals surface area contributed by atoms with Gasteiger partial charge in [0.15, 0.2) is 5.82 Å². The smallest absolute Gasteiger partial charge is 0.344 e. The maximum Gasteiger partial charge on any atom is 0.344 e. The average Bonchev–Trinajstić information content (AvgIpc) is 3.21. The maximum absolute atomic E-state index is 12.8. The van der Waals surface area contributed by atoms with Crippen LogP contribution >= 0.6 is 0 Å². The normalized spacial score (nSPS) is 16.2. The zero-order valence-electron chi connectivity index (χ0n) is 24.2. The van der Waals surface area contributed by atoms with Crippen LogP contribution in [0.2, 0.25) is 0 Å². The molecule has 7 rings (SSSR count). The first-order valence-electron chi connectivity index (χ1n) is 15.3. The van der Waals surface area contributed by atoms with Gasteiger partial charge in [0.05, 0.1) is 17.4 Å². The van der Waals surface area contributed by atoms with Crippen LogP contribution in [0, 0.1) is 0 Å². The molecule has 2 aliphatic heterocycles. The molecule has 0 radical (unpaired) electrons. The summed E-state index contributed by atoms with van der Waals surface area (Å²) in [6.45, 7) is 3.79. The van der Waals surface area contributed by atoms with Crippen molar-refractivity contribution in [2.45, 2.75) is 51.4 Å². The largest absolute Gasteiger partial charge is 0.422 e. The monoisotopic (exact) mass is 577 g/mol. The van der Waals surface area contributed by atoms with Crippen molar-refractivity contribution in [1.29, 1.82) is 0 Å². The summed E-state index contributed by atoms with van der Waals surface area (Å²) in [5.74, 6) is 2.39. The van der Waals surface area contributed by atoms with E-state index in [9.17, 15) is 4.79 Å². The van der Waals surface area contributed by atoms with Crippen molar-refractivity contribution < 1.29 is 4.42 Å². The topological polar surface area (TPSA) is 118 Å². The first-order valence-corrected chi connectivity index (χ1v) is 15.3. The summed E-state index contributed by atoms with van der Waals surface area (Å²) in [5.41, 5.74) is 2.10. The molecule has 3 aromatic heterocycles. The fourth-order valence-electron chi connectivity index (χ4n) is 5.84. The molecule has 5 aromatic rings. The molecule has 2 aliphatic rings. The molecule has 0 spiro atoms. The predicted molar refractivity (Wildman–Crippen MR) is 167 cm³/mol. The molecule has 0 saturated carbocycles. The van der Waals surface area contributed by atoms with Crippen molar-refractivity contribution in [3.8, 4) is 16.8 Å². The highest BCUT2D eigenvalue weighted by molar-refractivity contribution is 5.83. The Balaban J connectivity index is 1.16. The molecule has 0 atom stereocenters. The standard InChI is InChI=1S/C32H35N9O2/c42-29-26(23-12-6-5-7-13-23)20-24-14-15-25(21-27(24)43-29)41-33-22-28(38-41)34-30-35-31(39-16-8-1-2-9-17-39)37-32(36-30)40-18-10-3-4-11-19-40/h5-7,12-15,20-22H,1-4,8-11,16-19H2,(H,34,35,36,37,38). The first kappa shape index (κ1) is 27.1. The molecule has 43 heavy (non-hydrogen) atoms. The van der Waals surface area contributed by atoms with Gasteiger partial charge in [-0.2, -0.15) is 20.1 Å². The van der Waals surface area contributed by atoms with Crippen molar-refractivity contribution in [3.63, 3.8) is 0 Å². The molecule has 2 aromatic carbocycles. The van der Waals surface area contributed by atoms with E-state index in [-0.39, 0.29) is 5.63 Å². The summed E-state index contributed by atoms with van der Waals surface area (Å²) >= 11 is 0. The number of benzene rings is 2. The van der Waals surface area contributed by atoms with Gasteiger partial charge in [0.25, 0.3) is 0 Å². The zero-order valence-corrected chi connectivity index (χ0v) is 24.2. The summed E-state index contributed by atoms with van der Waals surface area (Å²) in [6.07, 6.45) is 11.1. The van der Waals surface area contributed by atoms with Crippen LogP contribution in [0.5, 0.6) is 0 Å². The minimum atomic E-state index is -0.387. The van der Waals surface area contributed by atoms with Crippen LogP contribution in [0.25, 0.3) is 27.8 Å². The molecule has 2 fully saturated rings. The summed E-state index contributed by atoms with van der Waals surface area (Å²) < 4.78 is 5.69. The van der Waals surface area contributed by atoms with E-state index in [1.807, 2.05) is 48.5 Å². The summed E-state index contributed by atoms with van der Waals surface area (Å²) in [7, 11) is 0. The first-order chi connectivity index (χ1) is 21.2. The molecule has 220 valence electrons. The van der Waals surface area contributed by atoms with Gasteiger partial charge >= 0.3 is 5.63 Å². The fraction of sp³-hybridized carbons (Fsp3) is 0.375. The van der Waals surface area contributed by atoms with Gasteiger partial charge in [0, 0.05) is 37.6 Å². The molecule has 11 heteroatoms. The van der Waals surface area contributed by atoms with E-state index in [2.05, 4.69) is 25.3 Å². The van der Waals surface area contributed by atoms with Crippen LogP contribution in [0.15, 0.2) is 70.0 Å². The SMILES string of the molecule is O=c1oc2cc(-n3ncc(Nc4nc(N5CCCCCC5)nc(N5CCCCCC5)n4)n3)ccc2cc1-c1ccccc1. The van der Waals surface area contributed by atoms with Crippen molar-refractivity contribution >= 4 is 34.6 Å². The highest BCUT2D eigenvalue weighted by atomic mass is 16.4. The maximum atomic E-state index is 12.8. The Hall–Kier alpha value is -4.80. The molecule has 0 bridgehead atoms. The van der Waals surface area contributed by atoms with E-state index in [0.29, 0.717) is 40.5 Å². The molecule has 11 nitrogen and oxygen atoms in total. The molecule has 0 aliphatic carbocycles. The number of rotatable bonds is 6. The van der Waals surface area contributed by atoms with Crippen LogP contribution in [-0.4, -0.2) is 56.1 Å². The summed E-state index contributed by atoms with van der Waals surface area (Å²) in [6, 6.07) is 17.0. The van der Waals surface area contributed by atoms with Crippen LogP contribution in [0.3, 0.4) is 0 Å². The second kappa shape index (κ2) is 12.2. The molecule has 1 N–H and O–H groups in total. The number of hydrogen-bond donors (Lipinski definition) is 1. The Kier molecular flexibility index (Phi) is 7.68. The van der Waals surface area contributed by atoms with Crippen molar-refractivity contribution in [2.24, 2.45) is 0 Å². The fourth-order valence-corrected chi connectivity index (χ4v) is 5.84. The number of hydrogen-bond acceptors (Lipinski definition) is 10. The van der Waals surface area contributed by atoms with Gasteiger partial charge in [-0.3, -0.25) is 0 Å². The molecule has 0 amide bonds. The number of anilines is 4. The molecular weight excluding hydrogens is 542 g/mol. The van der Waals surface area contributed by atoms with Gasteiger partial charge < -0.3 is 19.5 Å². The Bertz CT molecular complexity index is 1710. The molecule has 0 unspecified atom stereocenters. The number of fused-ring (bicyclic) bond motifs is 1. The lowest BCUT2D eigenvalue weighted by Crippen LogP contribution is -2.30. The Morgan fingerprint density at radius 2 is 1.37 bits per heavy atom. The van der Waals surface area contributed by atoms with Crippen LogP contribution < -0.4 is 20.7 Å². The van der Waals surface area contributed by atoms with Gasteiger partial charge in [0.1, 0.15) is 5.58 Å². The van der Waals surface area contributed by atoms with Crippen LogP contribution in [0.1, 0.15) is 51.4 Å². The number of aromatic nitrogens is 6. The minimum Gasteiger partial charge on any atom is -0.422 e. The van der Waals surface area contributed by atoms with Gasteiger partial charge in [-0.25, -0.2) is 4.79 Å². The van der Waals surface area contributed by atoms with E-state index >= 15 is 0 Å². The quantitative estimate of drug-likeness (QED) is 0.251. The van der Waals surface area contributed by atoms with E-state index in [1.54, 1.807) is 12.3 Å². The highest BCUT2D eigenvalue weighted by Crippen LogP contribution is 2.25. The molecular formula is C32H35N9O2. The van der Waals surface area contributed by atoms with Crippen molar-refractivity contribution in [2.75, 3.05) is 41.3 Å². The highest BCUT2D eigenvalue weighted by Gasteiger charge is 2.20. The third kappa shape index (κ3) is 6.06. The zero-order chi connectivity index (χ0) is 29.0. The average molecular weight is 578 g/mol. The lowest BCUT2D eigenvalue weighted by atomic mass is 10.1. The minimum absolute atomic E-state index is 0.387. The number of nitrogens with one attached hydrogen (secondary N) is 1. The Labute approximate surface area is 249 Å². The third-order valence-electron chi connectivity index (χ3n) is 8.16. The third-order valence-corrected chi connectivity index (χ3v) is 8.16. The van der Waals surface area contributed by atoms with E-state index in [1.165, 1.54) is 30.5 Å². The molecule has 2 saturated heterocycles. The number of nitrogens with zero attached hydrogens (tertiary/aromatic N) is 8. The van der Waals surface area contributed by atoms with Crippen LogP contribution in [0.4, 0.5) is 23.7 Å². The van der Waals surface area contributed by atoms with Gasteiger partial charge in [-0.1, -0.05) is 56.0 Å². The van der Waals surface area contributed by atoms with Crippen molar-refractivity contribution in [1.82, 2.24) is 29.9 Å². The van der Waals surface area contributed by atoms with Gasteiger partial charge in [-0.05, 0) is 49.4 Å². The Morgan fingerprint density at radius 3 is 2.02 bits per heavy atom. The predicted octanol–water partition coefficient (Wildman–Crippen LogP) is 5.73. The van der Waals surface area contributed by atoms with Crippen LogP contribution in [-0.2, 0) is 0 Å². The second-order valence-corrected chi connectivity index (χ2v) is 11.2. The van der Waals surface area contributed by atoms with E-state index in [0.717, 1.165) is 62.8 Å². The van der Waals surface area contributed by atoms with Gasteiger partial charge in [0.2, 0.25) is 17.8 Å². The Morgan fingerprint density at radius 1 is 0.721 bits per heavy atom. The summed E-state index contributed by atoms with van der Waals surface area (Å²) in [4.78, 5) is 33.4. The summed E-state index contributed by atoms with van der Waals surface area (Å²) in [5, 5.41) is 13.2. The van der Waals surface area contributed by atoms with Gasteiger partial charge in [-0.15, -0.1) is 9.90 Å². The molecule has 5 heterocycles. The van der Waals surface area contributed by atoms with Crippen molar-refractivity contribution in [3.05, 3.63) is 71.2 Å². The lowest BCUT2D eigenvalue weighted by molar-refractivity contribution is 0.562. The second-order valence-electron chi connectivity index (χ2n) is 11.2. The van der Waals surface area contributed by atoms with E-state index in [4.69, 9.17) is 19.4 Å².